The quantitative estimate of drug-likeness (QED) is 0.392. The van der Waals surface area contributed by atoms with Crippen molar-refractivity contribution in [2.45, 2.75) is 71.3 Å². The van der Waals surface area contributed by atoms with Crippen LogP contribution in [0.3, 0.4) is 0 Å². The number of aromatic nitrogens is 2. The highest BCUT2D eigenvalue weighted by atomic mass is 15.2. The summed E-state index contributed by atoms with van der Waals surface area (Å²) >= 11 is 0. The summed E-state index contributed by atoms with van der Waals surface area (Å²) in [5, 5.41) is 0. The predicted octanol–water partition coefficient (Wildman–Crippen LogP) is 5.73. The smallest absolute Gasteiger partial charge is 0.244 e. The van der Waals surface area contributed by atoms with Crippen molar-refractivity contribution in [1.29, 1.82) is 0 Å². The van der Waals surface area contributed by atoms with Crippen molar-refractivity contribution in [3.05, 3.63) is 47.8 Å². The Morgan fingerprint density at radius 1 is 0.964 bits per heavy atom. The van der Waals surface area contributed by atoms with E-state index >= 15 is 0 Å². The van der Waals surface area contributed by atoms with Crippen molar-refractivity contribution >= 4 is 22.4 Å². The van der Waals surface area contributed by atoms with Crippen molar-refractivity contribution in [2.24, 2.45) is 0 Å². The lowest BCUT2D eigenvalue weighted by Gasteiger charge is -2.44. The van der Waals surface area contributed by atoms with Crippen LogP contribution in [-0.4, -0.2) is 11.6 Å². The first-order valence-electron chi connectivity index (χ1n) is 10.5. The minimum Gasteiger partial charge on any atom is -0.354 e. The van der Waals surface area contributed by atoms with Gasteiger partial charge in [0.2, 0.25) is 6.33 Å². The van der Waals surface area contributed by atoms with Crippen LogP contribution in [0.4, 0.5) is 11.4 Å². The third kappa shape index (κ3) is 2.19. The average molecular weight is 374 g/mol. The van der Waals surface area contributed by atoms with Gasteiger partial charge in [0.25, 0.3) is 0 Å². The lowest BCUT2D eigenvalue weighted by atomic mass is 9.63. The molecule has 0 fully saturated rings. The highest BCUT2D eigenvalue weighted by Gasteiger charge is 2.38. The number of fused-ring (bicyclic) bond motifs is 3. The lowest BCUT2D eigenvalue weighted by molar-refractivity contribution is -0.573. The molecule has 28 heavy (non-hydrogen) atoms. The van der Waals surface area contributed by atoms with Gasteiger partial charge in [0, 0.05) is 18.4 Å². The highest BCUT2D eigenvalue weighted by Crippen LogP contribution is 2.49. The molecule has 0 bridgehead atoms. The number of para-hydroxylation sites is 1. The fraction of sp³-hybridized carbons (Fsp3) is 0.480. The molecule has 0 spiro atoms. The number of rotatable bonds is 1. The molecular formula is C25H31N3. The predicted molar refractivity (Wildman–Crippen MR) is 116 cm³/mol. The molecule has 0 amide bonds. The molecule has 3 heteroatoms. The van der Waals surface area contributed by atoms with Crippen LogP contribution in [0, 0.1) is 6.33 Å². The Bertz CT molecular complexity index is 1110. The number of hydrogen-bond acceptors (Lipinski definition) is 1. The molecule has 0 saturated heterocycles. The standard InChI is InChI=1S/C25H31N3/c1-16(2)27-15-28-22-14-18-17(24(3,4)11-12-25(18,5)6)13-21(22)26(7)19-9-8-10-20(27)23(19)28/h8-10,13-14,16H,11-12H2,1-7H3. The van der Waals surface area contributed by atoms with Crippen LogP contribution in [-0.2, 0) is 10.8 Å². The van der Waals surface area contributed by atoms with Gasteiger partial charge in [0.15, 0.2) is 0 Å². The first kappa shape index (κ1) is 17.8. The molecule has 0 atom stereocenters. The van der Waals surface area contributed by atoms with Crippen LogP contribution in [0.1, 0.15) is 71.6 Å². The van der Waals surface area contributed by atoms with Gasteiger partial charge in [-0.15, -0.1) is 0 Å². The Morgan fingerprint density at radius 2 is 1.61 bits per heavy atom. The SMILES string of the molecule is CC(C)n1[c-][n+]2c3c(cccc31)N(C)c1cc3c(cc1-2)C(C)(C)CCC3(C)C. The summed E-state index contributed by atoms with van der Waals surface area (Å²) in [5.74, 6) is 0. The molecule has 3 nitrogen and oxygen atoms in total. The van der Waals surface area contributed by atoms with E-state index in [2.05, 4.69) is 99.3 Å². The molecule has 0 radical (unpaired) electrons. The van der Waals surface area contributed by atoms with E-state index < -0.39 is 0 Å². The second kappa shape index (κ2) is 5.40. The zero-order valence-corrected chi connectivity index (χ0v) is 18.2. The van der Waals surface area contributed by atoms with E-state index in [9.17, 15) is 0 Å². The van der Waals surface area contributed by atoms with Crippen LogP contribution in [0.2, 0.25) is 0 Å². The summed E-state index contributed by atoms with van der Waals surface area (Å²) < 4.78 is 4.58. The molecule has 0 unspecified atom stereocenters. The third-order valence-electron chi connectivity index (χ3n) is 7.11. The molecule has 2 aromatic carbocycles. The Hall–Kier alpha value is -2.29. The van der Waals surface area contributed by atoms with Crippen LogP contribution < -0.4 is 9.47 Å². The Kier molecular flexibility index (Phi) is 3.43. The molecule has 1 aliphatic carbocycles. The van der Waals surface area contributed by atoms with E-state index in [-0.39, 0.29) is 10.8 Å². The Morgan fingerprint density at radius 3 is 2.25 bits per heavy atom. The van der Waals surface area contributed by atoms with Crippen molar-refractivity contribution in [3.8, 4) is 5.69 Å². The van der Waals surface area contributed by atoms with Gasteiger partial charge in [0.05, 0.1) is 22.8 Å². The maximum atomic E-state index is 3.67. The van der Waals surface area contributed by atoms with E-state index in [0.29, 0.717) is 6.04 Å². The molecule has 0 saturated carbocycles. The number of anilines is 2. The summed E-state index contributed by atoms with van der Waals surface area (Å²) in [4.78, 5) is 2.37. The largest absolute Gasteiger partial charge is 0.354 e. The van der Waals surface area contributed by atoms with Crippen molar-refractivity contribution in [1.82, 2.24) is 4.57 Å². The summed E-state index contributed by atoms with van der Waals surface area (Å²) in [7, 11) is 2.21. The molecule has 5 rings (SSSR count). The van der Waals surface area contributed by atoms with Crippen LogP contribution in [0.5, 0.6) is 0 Å². The second-order valence-corrected chi connectivity index (χ2v) is 10.3. The topological polar surface area (TPSA) is 12.0 Å². The minimum absolute atomic E-state index is 0.204. The Labute approximate surface area is 168 Å². The second-order valence-electron chi connectivity index (χ2n) is 10.3. The zero-order valence-electron chi connectivity index (χ0n) is 18.2. The molecule has 2 heterocycles. The van der Waals surface area contributed by atoms with Crippen LogP contribution in [0.25, 0.3) is 16.7 Å². The van der Waals surface area contributed by atoms with E-state index in [1.807, 2.05) is 0 Å². The summed E-state index contributed by atoms with van der Waals surface area (Å²) in [6.45, 7) is 14.1. The van der Waals surface area contributed by atoms with E-state index in [4.69, 9.17) is 0 Å². The molecule has 3 aromatic rings. The minimum atomic E-state index is 0.204. The van der Waals surface area contributed by atoms with Gasteiger partial charge in [-0.1, -0.05) is 45.9 Å². The summed E-state index contributed by atoms with van der Waals surface area (Å²) in [6.07, 6.45) is 6.14. The number of imidazole rings is 1. The van der Waals surface area contributed by atoms with Gasteiger partial charge in [-0.25, -0.2) is 0 Å². The van der Waals surface area contributed by atoms with Crippen LogP contribution in [0.15, 0.2) is 30.3 Å². The van der Waals surface area contributed by atoms with Gasteiger partial charge < -0.3 is 14.0 Å². The van der Waals surface area contributed by atoms with Crippen LogP contribution >= 0.6 is 0 Å². The molecule has 0 N–H and O–H groups in total. The first-order chi connectivity index (χ1) is 13.1. The first-order valence-corrected chi connectivity index (χ1v) is 10.5. The monoisotopic (exact) mass is 373 g/mol. The van der Waals surface area contributed by atoms with Gasteiger partial charge in [-0.2, -0.15) is 0 Å². The third-order valence-corrected chi connectivity index (χ3v) is 7.11. The summed E-state index contributed by atoms with van der Waals surface area (Å²) in [6, 6.07) is 11.9. The molecule has 146 valence electrons. The zero-order chi connectivity index (χ0) is 20.0. The number of nitrogens with zero attached hydrogens (tertiary/aromatic N) is 3. The maximum absolute atomic E-state index is 3.67. The van der Waals surface area contributed by atoms with Gasteiger partial charge in [-0.05, 0) is 60.8 Å². The summed E-state index contributed by atoms with van der Waals surface area (Å²) in [5.41, 5.74) is 9.74. The van der Waals surface area contributed by atoms with Crippen molar-refractivity contribution in [2.75, 3.05) is 11.9 Å². The Balaban J connectivity index is 1.88. The highest BCUT2D eigenvalue weighted by molar-refractivity contribution is 5.92. The van der Waals surface area contributed by atoms with E-state index in [1.54, 1.807) is 0 Å². The van der Waals surface area contributed by atoms with Gasteiger partial charge in [-0.3, -0.25) is 0 Å². The van der Waals surface area contributed by atoms with Crippen molar-refractivity contribution in [3.63, 3.8) is 0 Å². The maximum Gasteiger partial charge on any atom is 0.244 e. The van der Waals surface area contributed by atoms with Gasteiger partial charge >= 0.3 is 0 Å². The van der Waals surface area contributed by atoms with Gasteiger partial charge in [0.1, 0.15) is 0 Å². The number of hydrogen-bond donors (Lipinski definition) is 0. The fourth-order valence-corrected chi connectivity index (χ4v) is 5.16. The number of benzene rings is 2. The van der Waals surface area contributed by atoms with E-state index in [0.717, 1.165) is 0 Å². The molecule has 1 aliphatic heterocycles. The lowest BCUT2D eigenvalue weighted by Crippen LogP contribution is -2.40. The van der Waals surface area contributed by atoms with Crippen molar-refractivity contribution < 1.29 is 4.57 Å². The molecule has 1 aromatic heterocycles. The van der Waals surface area contributed by atoms with E-state index in [1.165, 1.54) is 52.1 Å². The molecular weight excluding hydrogens is 342 g/mol. The average Bonchev–Trinajstić information content (AvgIpc) is 3.04. The molecule has 2 aliphatic rings. The fourth-order valence-electron chi connectivity index (χ4n) is 5.16. The normalized spacial score (nSPS) is 19.1.